The van der Waals surface area contributed by atoms with Gasteiger partial charge in [-0.3, -0.25) is 9.98 Å². The Morgan fingerprint density at radius 3 is 2.74 bits per heavy atom. The third-order valence-electron chi connectivity index (χ3n) is 3.23. The van der Waals surface area contributed by atoms with Gasteiger partial charge in [-0.05, 0) is 36.2 Å². The van der Waals surface area contributed by atoms with Gasteiger partial charge in [0.1, 0.15) is 5.75 Å². The van der Waals surface area contributed by atoms with Crippen LogP contribution in [0.3, 0.4) is 0 Å². The summed E-state index contributed by atoms with van der Waals surface area (Å²) in [5.41, 5.74) is 2.21. The number of halogens is 1. The summed E-state index contributed by atoms with van der Waals surface area (Å²) in [7, 11) is 3.44. The van der Waals surface area contributed by atoms with E-state index < -0.39 is 0 Å². The normalized spacial score (nSPS) is 10.6. The van der Waals surface area contributed by atoms with Gasteiger partial charge in [0.25, 0.3) is 0 Å². The fourth-order valence-electron chi connectivity index (χ4n) is 2.05. The minimum absolute atomic E-state index is 0. The summed E-state index contributed by atoms with van der Waals surface area (Å²) in [5.74, 6) is 1.66. The Balaban J connectivity index is 0.00000264. The molecular weight excluding hydrogens is 403 g/mol. The minimum atomic E-state index is 0. The first-order chi connectivity index (χ1) is 10.8. The largest absolute Gasteiger partial charge is 0.497 e. The molecule has 0 radical (unpaired) electrons. The van der Waals surface area contributed by atoms with Crippen molar-refractivity contribution in [2.75, 3.05) is 20.7 Å². The molecule has 2 rings (SSSR count). The average Bonchev–Trinajstić information content (AvgIpc) is 2.59. The predicted molar refractivity (Wildman–Crippen MR) is 105 cm³/mol. The summed E-state index contributed by atoms with van der Waals surface area (Å²) in [4.78, 5) is 8.48. The van der Waals surface area contributed by atoms with E-state index in [1.165, 1.54) is 5.56 Å². The molecule has 0 amide bonds. The zero-order chi connectivity index (χ0) is 15.6. The number of methoxy groups -OCH3 is 1. The van der Waals surface area contributed by atoms with E-state index >= 15 is 0 Å². The van der Waals surface area contributed by atoms with Crippen LogP contribution in [-0.4, -0.2) is 31.6 Å². The molecule has 0 aliphatic carbocycles. The highest BCUT2D eigenvalue weighted by Gasteiger charge is 2.00. The molecule has 0 aliphatic rings. The van der Waals surface area contributed by atoms with Crippen LogP contribution in [0.4, 0.5) is 0 Å². The molecule has 0 spiro atoms. The Kier molecular flexibility index (Phi) is 9.04. The van der Waals surface area contributed by atoms with E-state index in [-0.39, 0.29) is 24.0 Å². The van der Waals surface area contributed by atoms with E-state index in [1.54, 1.807) is 20.4 Å². The summed E-state index contributed by atoms with van der Waals surface area (Å²) >= 11 is 0. The quantitative estimate of drug-likeness (QED) is 0.424. The summed E-state index contributed by atoms with van der Waals surface area (Å²) in [6.07, 6.45) is 2.69. The second kappa shape index (κ2) is 10.8. The smallest absolute Gasteiger partial charge is 0.191 e. The van der Waals surface area contributed by atoms with Gasteiger partial charge < -0.3 is 15.4 Å². The van der Waals surface area contributed by atoms with E-state index in [4.69, 9.17) is 4.74 Å². The van der Waals surface area contributed by atoms with E-state index in [0.717, 1.165) is 30.4 Å². The maximum absolute atomic E-state index is 5.23. The van der Waals surface area contributed by atoms with E-state index in [0.29, 0.717) is 6.54 Å². The number of hydrogen-bond acceptors (Lipinski definition) is 3. The van der Waals surface area contributed by atoms with Crippen LogP contribution in [0.1, 0.15) is 11.3 Å². The van der Waals surface area contributed by atoms with E-state index in [2.05, 4.69) is 26.7 Å². The molecule has 0 fully saturated rings. The third kappa shape index (κ3) is 6.85. The van der Waals surface area contributed by atoms with Crippen molar-refractivity contribution in [3.05, 3.63) is 59.9 Å². The van der Waals surface area contributed by atoms with E-state index in [1.807, 2.05) is 36.4 Å². The first-order valence-electron chi connectivity index (χ1n) is 7.29. The maximum atomic E-state index is 5.23. The lowest BCUT2D eigenvalue weighted by atomic mass is 10.1. The van der Waals surface area contributed by atoms with Crippen LogP contribution in [0.5, 0.6) is 5.75 Å². The molecule has 124 valence electrons. The fourth-order valence-corrected chi connectivity index (χ4v) is 2.05. The van der Waals surface area contributed by atoms with Crippen LogP contribution in [0, 0.1) is 0 Å². The molecule has 0 saturated carbocycles. The highest BCUT2D eigenvalue weighted by molar-refractivity contribution is 14.0. The molecule has 5 nitrogen and oxygen atoms in total. The van der Waals surface area contributed by atoms with Gasteiger partial charge in [-0.15, -0.1) is 24.0 Å². The Bertz CT molecular complexity index is 605. The van der Waals surface area contributed by atoms with Crippen molar-refractivity contribution in [3.63, 3.8) is 0 Å². The van der Waals surface area contributed by atoms with Crippen LogP contribution in [0.15, 0.2) is 53.7 Å². The number of guanidine groups is 1. The topological polar surface area (TPSA) is 58.5 Å². The number of hydrogen-bond donors (Lipinski definition) is 2. The second-order valence-electron chi connectivity index (χ2n) is 4.78. The standard InChI is InChI=1S/C17H22N4O.HI/c1-18-17(21-13-15-7-3-4-10-19-15)20-11-9-14-6-5-8-16(12-14)22-2;/h3-8,10,12H,9,11,13H2,1-2H3,(H2,18,20,21);1H. The molecule has 1 heterocycles. The van der Waals surface area contributed by atoms with Gasteiger partial charge in [-0.25, -0.2) is 0 Å². The van der Waals surface area contributed by atoms with Crippen LogP contribution in [0.2, 0.25) is 0 Å². The summed E-state index contributed by atoms with van der Waals surface area (Å²) in [6.45, 7) is 1.45. The van der Waals surface area contributed by atoms with Gasteiger partial charge in [0.05, 0.1) is 19.3 Å². The van der Waals surface area contributed by atoms with Gasteiger partial charge in [0.2, 0.25) is 0 Å². The van der Waals surface area contributed by atoms with Crippen molar-refractivity contribution in [2.24, 2.45) is 4.99 Å². The van der Waals surface area contributed by atoms with Crippen LogP contribution in [-0.2, 0) is 13.0 Å². The monoisotopic (exact) mass is 426 g/mol. The number of pyridine rings is 1. The molecule has 2 aromatic rings. The minimum Gasteiger partial charge on any atom is -0.497 e. The van der Waals surface area contributed by atoms with Crippen molar-refractivity contribution in [1.82, 2.24) is 15.6 Å². The number of ether oxygens (including phenoxy) is 1. The molecule has 0 aliphatic heterocycles. The highest BCUT2D eigenvalue weighted by atomic mass is 127. The van der Waals surface area contributed by atoms with Gasteiger partial charge in [0.15, 0.2) is 5.96 Å². The first kappa shape index (κ1) is 19.2. The van der Waals surface area contributed by atoms with Crippen molar-refractivity contribution >= 4 is 29.9 Å². The highest BCUT2D eigenvalue weighted by Crippen LogP contribution is 2.12. The SMILES string of the molecule is CN=C(NCCc1cccc(OC)c1)NCc1ccccn1.I. The van der Waals surface area contributed by atoms with E-state index in [9.17, 15) is 0 Å². The van der Waals surface area contributed by atoms with Crippen molar-refractivity contribution < 1.29 is 4.74 Å². The molecule has 0 atom stereocenters. The molecule has 0 saturated heterocycles. The Morgan fingerprint density at radius 1 is 1.17 bits per heavy atom. The van der Waals surface area contributed by atoms with Crippen LogP contribution in [0.25, 0.3) is 0 Å². The average molecular weight is 426 g/mol. The first-order valence-corrected chi connectivity index (χ1v) is 7.29. The lowest BCUT2D eigenvalue weighted by Crippen LogP contribution is -2.38. The van der Waals surface area contributed by atoms with Crippen molar-refractivity contribution in [2.45, 2.75) is 13.0 Å². The van der Waals surface area contributed by atoms with Crippen molar-refractivity contribution in [1.29, 1.82) is 0 Å². The third-order valence-corrected chi connectivity index (χ3v) is 3.23. The molecule has 23 heavy (non-hydrogen) atoms. The number of benzene rings is 1. The second-order valence-corrected chi connectivity index (χ2v) is 4.78. The molecule has 1 aromatic heterocycles. The number of aliphatic imine (C=N–C) groups is 1. The van der Waals surface area contributed by atoms with Crippen LogP contribution < -0.4 is 15.4 Å². The Hall–Kier alpha value is -1.83. The summed E-state index contributed by atoms with van der Waals surface area (Å²) < 4.78 is 5.23. The molecule has 0 unspecified atom stereocenters. The maximum Gasteiger partial charge on any atom is 0.191 e. The number of nitrogens with zero attached hydrogens (tertiary/aromatic N) is 2. The molecule has 6 heteroatoms. The number of nitrogens with one attached hydrogen (secondary N) is 2. The molecule has 2 N–H and O–H groups in total. The zero-order valence-electron chi connectivity index (χ0n) is 13.5. The van der Waals surface area contributed by atoms with Crippen LogP contribution >= 0.6 is 24.0 Å². The fraction of sp³-hybridized carbons (Fsp3) is 0.294. The van der Waals surface area contributed by atoms with Gasteiger partial charge in [0, 0.05) is 19.8 Å². The summed E-state index contributed by atoms with van der Waals surface area (Å²) in [6, 6.07) is 14.0. The summed E-state index contributed by atoms with van der Waals surface area (Å²) in [5, 5.41) is 6.54. The van der Waals surface area contributed by atoms with Gasteiger partial charge >= 0.3 is 0 Å². The Morgan fingerprint density at radius 2 is 2.04 bits per heavy atom. The lowest BCUT2D eigenvalue weighted by molar-refractivity contribution is 0.414. The van der Waals surface area contributed by atoms with Gasteiger partial charge in [-0.2, -0.15) is 0 Å². The predicted octanol–water partition coefficient (Wildman–Crippen LogP) is 2.62. The molecule has 0 bridgehead atoms. The molecular formula is C17H23IN4O. The lowest BCUT2D eigenvalue weighted by Gasteiger charge is -2.12. The zero-order valence-corrected chi connectivity index (χ0v) is 15.8. The number of rotatable bonds is 6. The number of aromatic nitrogens is 1. The van der Waals surface area contributed by atoms with Gasteiger partial charge in [-0.1, -0.05) is 18.2 Å². The molecule has 1 aromatic carbocycles. The Labute approximate surface area is 154 Å². The van der Waals surface area contributed by atoms with Crippen molar-refractivity contribution in [3.8, 4) is 5.75 Å².